The van der Waals surface area contributed by atoms with Gasteiger partial charge >= 0.3 is 5.69 Å². The van der Waals surface area contributed by atoms with Crippen molar-refractivity contribution in [1.82, 2.24) is 19.6 Å². The highest BCUT2D eigenvalue weighted by molar-refractivity contribution is 5.71. The van der Waals surface area contributed by atoms with Crippen LogP contribution in [-0.2, 0) is 6.54 Å². The molecule has 1 aliphatic heterocycles. The third-order valence-corrected chi connectivity index (χ3v) is 5.39. The highest BCUT2D eigenvalue weighted by Gasteiger charge is 2.22. The molecule has 0 amide bonds. The number of nitrogens with zero attached hydrogens (tertiary/aromatic N) is 4. The van der Waals surface area contributed by atoms with E-state index >= 15 is 0 Å². The normalized spacial score (nSPS) is 15.4. The van der Waals surface area contributed by atoms with Gasteiger partial charge in [0.1, 0.15) is 5.65 Å². The van der Waals surface area contributed by atoms with Gasteiger partial charge in [-0.1, -0.05) is 6.07 Å². The molecule has 3 heterocycles. The second kappa shape index (κ2) is 8.18. The molecule has 1 fully saturated rings. The van der Waals surface area contributed by atoms with Gasteiger partial charge in [-0.25, -0.2) is 4.98 Å². The minimum absolute atomic E-state index is 0.0521. The molecule has 0 saturated carbocycles. The molecule has 0 radical (unpaired) electrons. The third-order valence-electron chi connectivity index (χ3n) is 5.39. The van der Waals surface area contributed by atoms with Crippen LogP contribution in [0.15, 0.2) is 36.4 Å². The van der Waals surface area contributed by atoms with E-state index in [0.29, 0.717) is 0 Å². The molecule has 152 valence electrons. The van der Waals surface area contributed by atoms with Gasteiger partial charge in [-0.2, -0.15) is 0 Å². The van der Waals surface area contributed by atoms with Crippen molar-refractivity contribution in [3.63, 3.8) is 0 Å². The van der Waals surface area contributed by atoms with Crippen molar-refractivity contribution in [1.29, 1.82) is 0 Å². The minimum atomic E-state index is -0.413. The Morgan fingerprint density at radius 2 is 2.10 bits per heavy atom. The molecule has 4 rings (SSSR count). The number of aryl methyl sites for hydroxylation is 1. The van der Waals surface area contributed by atoms with Gasteiger partial charge in [-0.3, -0.25) is 19.4 Å². The number of nitro groups is 1. The Kier molecular flexibility index (Phi) is 5.46. The highest BCUT2D eigenvalue weighted by atomic mass is 16.6. The van der Waals surface area contributed by atoms with E-state index in [1.807, 2.05) is 18.2 Å². The second-order valence-electron chi connectivity index (χ2n) is 7.29. The molecule has 29 heavy (non-hydrogen) atoms. The number of rotatable bonds is 5. The summed E-state index contributed by atoms with van der Waals surface area (Å²) in [5.41, 5.74) is 4.45. The molecular formula is C21H25N5O3. The largest absolute Gasteiger partial charge is 0.490 e. The van der Waals surface area contributed by atoms with Crippen LogP contribution in [-0.4, -0.2) is 52.5 Å². The van der Waals surface area contributed by atoms with Crippen molar-refractivity contribution in [3.8, 4) is 17.0 Å². The molecule has 0 bridgehead atoms. The van der Waals surface area contributed by atoms with E-state index in [4.69, 9.17) is 9.72 Å². The zero-order valence-electron chi connectivity index (χ0n) is 16.7. The first-order valence-electron chi connectivity index (χ1n) is 9.81. The molecule has 0 atom stereocenters. The summed E-state index contributed by atoms with van der Waals surface area (Å²) in [6.45, 7) is 6.75. The lowest BCUT2D eigenvalue weighted by Crippen LogP contribution is -2.28. The van der Waals surface area contributed by atoms with Gasteiger partial charge in [-0.15, -0.1) is 0 Å². The van der Waals surface area contributed by atoms with Crippen LogP contribution in [0.2, 0.25) is 0 Å². The van der Waals surface area contributed by atoms with Crippen molar-refractivity contribution in [2.24, 2.45) is 0 Å². The summed E-state index contributed by atoms with van der Waals surface area (Å²) < 4.78 is 7.32. The lowest BCUT2D eigenvalue weighted by Gasteiger charge is -2.20. The number of hydrogen-bond acceptors (Lipinski definition) is 6. The van der Waals surface area contributed by atoms with E-state index in [1.54, 1.807) is 12.1 Å². The van der Waals surface area contributed by atoms with Crippen LogP contribution in [0.1, 0.15) is 17.8 Å². The summed E-state index contributed by atoms with van der Waals surface area (Å²) in [6, 6.07) is 11.1. The molecule has 0 unspecified atom stereocenters. The number of ether oxygens (including phenoxy) is 1. The summed E-state index contributed by atoms with van der Waals surface area (Å²) in [5.74, 6) is 0.249. The maximum Gasteiger partial charge on any atom is 0.311 e. The van der Waals surface area contributed by atoms with Crippen LogP contribution in [0.5, 0.6) is 5.75 Å². The molecule has 8 heteroatoms. The number of pyridine rings is 1. The zero-order chi connectivity index (χ0) is 20.4. The van der Waals surface area contributed by atoms with Gasteiger partial charge in [0.25, 0.3) is 0 Å². The second-order valence-corrected chi connectivity index (χ2v) is 7.29. The first-order chi connectivity index (χ1) is 14.1. The van der Waals surface area contributed by atoms with Crippen molar-refractivity contribution < 1.29 is 9.66 Å². The summed E-state index contributed by atoms with van der Waals surface area (Å²) in [4.78, 5) is 18.4. The van der Waals surface area contributed by atoms with Gasteiger partial charge in [0, 0.05) is 37.0 Å². The van der Waals surface area contributed by atoms with E-state index in [9.17, 15) is 10.1 Å². The van der Waals surface area contributed by atoms with Crippen molar-refractivity contribution in [2.45, 2.75) is 19.9 Å². The standard InChI is InChI=1S/C21H25N5O3/c1-15-5-3-6-20-23-21(16-7-8-19(29-2)17(13-16)26(27)28)18(25(15)20)14-24-11-4-9-22-10-12-24/h3,5-8,13,22H,4,9-12,14H2,1-2H3. The number of nitrogens with one attached hydrogen (secondary N) is 1. The highest BCUT2D eigenvalue weighted by Crippen LogP contribution is 2.34. The zero-order valence-corrected chi connectivity index (χ0v) is 16.7. The molecule has 0 spiro atoms. The first-order valence-corrected chi connectivity index (χ1v) is 9.81. The fourth-order valence-corrected chi connectivity index (χ4v) is 3.95. The van der Waals surface area contributed by atoms with Gasteiger partial charge < -0.3 is 10.1 Å². The Balaban J connectivity index is 1.85. The molecule has 0 aliphatic carbocycles. The van der Waals surface area contributed by atoms with E-state index in [2.05, 4.69) is 27.6 Å². The lowest BCUT2D eigenvalue weighted by atomic mass is 10.1. The number of benzene rings is 1. The van der Waals surface area contributed by atoms with Crippen LogP contribution >= 0.6 is 0 Å². The van der Waals surface area contributed by atoms with Gasteiger partial charge in [0.05, 0.1) is 23.4 Å². The lowest BCUT2D eigenvalue weighted by molar-refractivity contribution is -0.385. The van der Waals surface area contributed by atoms with Crippen LogP contribution < -0.4 is 10.1 Å². The predicted octanol–water partition coefficient (Wildman–Crippen LogP) is 3.02. The molecule has 1 N–H and O–H groups in total. The number of aromatic nitrogens is 2. The summed E-state index contributed by atoms with van der Waals surface area (Å²) >= 11 is 0. The summed E-state index contributed by atoms with van der Waals surface area (Å²) in [5, 5.41) is 14.9. The molecule has 2 aromatic heterocycles. The van der Waals surface area contributed by atoms with Crippen LogP contribution in [0, 0.1) is 17.0 Å². The average molecular weight is 395 g/mol. The Morgan fingerprint density at radius 3 is 2.90 bits per heavy atom. The number of imidazole rings is 1. The van der Waals surface area contributed by atoms with Crippen LogP contribution in [0.4, 0.5) is 5.69 Å². The van der Waals surface area contributed by atoms with Crippen molar-refractivity contribution in [3.05, 3.63) is 57.9 Å². The Hall–Kier alpha value is -2.97. The maximum absolute atomic E-state index is 11.5. The van der Waals surface area contributed by atoms with Gasteiger partial charge in [-0.05, 0) is 50.7 Å². The quantitative estimate of drug-likeness (QED) is 0.528. The molecule has 1 aliphatic rings. The smallest absolute Gasteiger partial charge is 0.311 e. The number of nitro benzene ring substituents is 1. The topological polar surface area (TPSA) is 84.9 Å². The van der Waals surface area contributed by atoms with E-state index in [0.717, 1.165) is 67.4 Å². The summed E-state index contributed by atoms with van der Waals surface area (Å²) in [7, 11) is 1.44. The molecule has 1 saturated heterocycles. The monoisotopic (exact) mass is 395 g/mol. The number of methoxy groups -OCH3 is 1. The Morgan fingerprint density at radius 1 is 1.24 bits per heavy atom. The molecular weight excluding hydrogens is 370 g/mol. The fourth-order valence-electron chi connectivity index (χ4n) is 3.95. The third kappa shape index (κ3) is 3.81. The van der Waals surface area contributed by atoms with E-state index in [1.165, 1.54) is 7.11 Å². The fraction of sp³-hybridized carbons (Fsp3) is 0.381. The van der Waals surface area contributed by atoms with Gasteiger partial charge in [0.15, 0.2) is 5.75 Å². The van der Waals surface area contributed by atoms with Crippen molar-refractivity contribution >= 4 is 11.3 Å². The Bertz CT molecular complexity index is 1040. The SMILES string of the molecule is COc1ccc(-c2nc3cccc(C)n3c2CN2CCCNCC2)cc1[N+](=O)[O-]. The van der Waals surface area contributed by atoms with Crippen molar-refractivity contribution in [2.75, 3.05) is 33.3 Å². The predicted molar refractivity (Wildman–Crippen MR) is 111 cm³/mol. The number of hydrogen-bond donors (Lipinski definition) is 1. The van der Waals surface area contributed by atoms with Crippen LogP contribution in [0.3, 0.4) is 0 Å². The molecule has 3 aromatic rings. The maximum atomic E-state index is 11.5. The molecule has 1 aromatic carbocycles. The molecule has 8 nitrogen and oxygen atoms in total. The first kappa shape index (κ1) is 19.4. The van der Waals surface area contributed by atoms with Gasteiger partial charge in [0.2, 0.25) is 0 Å². The van der Waals surface area contributed by atoms with E-state index in [-0.39, 0.29) is 11.4 Å². The van der Waals surface area contributed by atoms with Crippen LogP contribution in [0.25, 0.3) is 16.9 Å². The minimum Gasteiger partial charge on any atom is -0.490 e. The average Bonchev–Trinajstić information content (AvgIpc) is 2.89. The summed E-state index contributed by atoms with van der Waals surface area (Å²) in [6.07, 6.45) is 1.10. The number of fused-ring (bicyclic) bond motifs is 1. The van der Waals surface area contributed by atoms with E-state index < -0.39 is 4.92 Å². The Labute approximate surface area is 169 Å².